The number of hydrogen-bond acceptors (Lipinski definition) is 1. The number of rotatable bonds is 3. The lowest BCUT2D eigenvalue weighted by Gasteiger charge is -1.90. The Balaban J connectivity index is 3.40. The van der Waals surface area contributed by atoms with E-state index >= 15 is 0 Å². The minimum absolute atomic E-state index is 0.166. The Morgan fingerprint density at radius 2 is 2.30 bits per heavy atom. The van der Waals surface area contributed by atoms with Gasteiger partial charge in [-0.25, -0.2) is 0 Å². The smallest absolute Gasteiger partial charge is 0.0639 e. The molecule has 1 N–H and O–H groups in total. The first-order chi connectivity index (χ1) is 4.81. The zero-order valence-electron chi connectivity index (χ0n) is 6.65. The van der Waals surface area contributed by atoms with Crippen LogP contribution >= 0.6 is 0 Å². The van der Waals surface area contributed by atoms with Crippen molar-refractivity contribution in [3.8, 4) is 11.8 Å². The largest absolute Gasteiger partial charge is 0.392 e. The molecule has 0 atom stereocenters. The molecule has 0 radical (unpaired) electrons. The van der Waals surface area contributed by atoms with Gasteiger partial charge in [0.05, 0.1) is 6.61 Å². The first kappa shape index (κ1) is 9.26. The van der Waals surface area contributed by atoms with Crippen LogP contribution in [0.4, 0.5) is 0 Å². The molecule has 0 aromatic carbocycles. The first-order valence-corrected chi connectivity index (χ1v) is 3.47. The molecule has 0 heterocycles. The van der Waals surface area contributed by atoms with Crippen molar-refractivity contribution in [3.63, 3.8) is 0 Å². The average molecular weight is 138 g/mol. The van der Waals surface area contributed by atoms with Crippen LogP contribution in [0.1, 0.15) is 26.7 Å². The van der Waals surface area contributed by atoms with Crippen molar-refractivity contribution >= 4 is 0 Å². The molecular weight excluding hydrogens is 124 g/mol. The molecule has 0 aromatic heterocycles. The van der Waals surface area contributed by atoms with E-state index in [0.29, 0.717) is 0 Å². The maximum atomic E-state index is 8.59. The summed E-state index contributed by atoms with van der Waals surface area (Å²) in [5, 5.41) is 8.59. The van der Waals surface area contributed by atoms with Crippen molar-refractivity contribution in [2.45, 2.75) is 26.7 Å². The van der Waals surface area contributed by atoms with E-state index in [1.807, 2.05) is 19.9 Å². The standard InChI is InChI=1S/C9H14O/c1-3-4-5-6-7-9(2)8-10/h7,10H,5-6,8H2,1-2H3. The molecule has 0 bridgehead atoms. The van der Waals surface area contributed by atoms with Crippen LogP contribution in [0.5, 0.6) is 0 Å². The van der Waals surface area contributed by atoms with E-state index in [1.165, 1.54) is 0 Å². The van der Waals surface area contributed by atoms with E-state index in [2.05, 4.69) is 11.8 Å². The number of aliphatic hydroxyl groups excluding tert-OH is 1. The third kappa shape index (κ3) is 5.40. The second-order valence-corrected chi connectivity index (χ2v) is 2.17. The lowest BCUT2D eigenvalue weighted by Crippen LogP contribution is -1.82. The fourth-order valence-electron chi connectivity index (χ4n) is 0.580. The predicted octanol–water partition coefficient (Wildman–Crippen LogP) is 1.73. The van der Waals surface area contributed by atoms with Crippen LogP contribution in [0.25, 0.3) is 0 Å². The van der Waals surface area contributed by atoms with E-state index in [4.69, 9.17) is 5.11 Å². The molecule has 0 aliphatic rings. The molecule has 0 unspecified atom stereocenters. The molecule has 0 rings (SSSR count). The Bertz CT molecular complexity index is 157. The van der Waals surface area contributed by atoms with E-state index in [9.17, 15) is 0 Å². The molecule has 0 aliphatic heterocycles. The van der Waals surface area contributed by atoms with Gasteiger partial charge < -0.3 is 5.11 Å². The van der Waals surface area contributed by atoms with Crippen molar-refractivity contribution in [1.29, 1.82) is 0 Å². The zero-order valence-corrected chi connectivity index (χ0v) is 6.65. The Morgan fingerprint density at radius 3 is 2.80 bits per heavy atom. The van der Waals surface area contributed by atoms with Crippen LogP contribution in [-0.2, 0) is 0 Å². The summed E-state index contributed by atoms with van der Waals surface area (Å²) in [7, 11) is 0. The van der Waals surface area contributed by atoms with Crippen LogP contribution in [-0.4, -0.2) is 11.7 Å². The molecule has 0 fully saturated rings. The maximum absolute atomic E-state index is 8.59. The third-order valence-corrected chi connectivity index (χ3v) is 1.19. The molecule has 0 saturated carbocycles. The quantitative estimate of drug-likeness (QED) is 0.358. The molecule has 56 valence electrons. The van der Waals surface area contributed by atoms with E-state index in [1.54, 1.807) is 0 Å². The molecule has 10 heavy (non-hydrogen) atoms. The SMILES string of the molecule is CC#CCCC=C(C)CO. The lowest BCUT2D eigenvalue weighted by molar-refractivity contribution is 0.331. The van der Waals surface area contributed by atoms with Crippen molar-refractivity contribution < 1.29 is 5.11 Å². The Hall–Kier alpha value is -0.740. The molecule has 0 spiro atoms. The summed E-state index contributed by atoms with van der Waals surface area (Å²) in [6.45, 7) is 3.92. The normalized spacial score (nSPS) is 10.5. The van der Waals surface area contributed by atoms with Crippen LogP contribution in [0.3, 0.4) is 0 Å². The van der Waals surface area contributed by atoms with E-state index in [0.717, 1.165) is 18.4 Å². The van der Waals surface area contributed by atoms with Crippen LogP contribution in [0.2, 0.25) is 0 Å². The summed E-state index contributed by atoms with van der Waals surface area (Å²) in [6, 6.07) is 0. The van der Waals surface area contributed by atoms with Gasteiger partial charge in [-0.2, -0.15) is 0 Å². The third-order valence-electron chi connectivity index (χ3n) is 1.19. The molecule has 1 nitrogen and oxygen atoms in total. The average Bonchev–Trinajstić information content (AvgIpc) is 1.98. The topological polar surface area (TPSA) is 20.2 Å². The predicted molar refractivity (Wildman–Crippen MR) is 43.5 cm³/mol. The molecule has 0 aliphatic carbocycles. The highest BCUT2D eigenvalue weighted by Crippen LogP contribution is 1.95. The lowest BCUT2D eigenvalue weighted by atomic mass is 10.2. The van der Waals surface area contributed by atoms with Crippen molar-refractivity contribution in [1.82, 2.24) is 0 Å². The second kappa shape index (κ2) is 6.38. The minimum atomic E-state index is 0.166. The van der Waals surface area contributed by atoms with Gasteiger partial charge in [-0.05, 0) is 20.3 Å². The molecule has 0 amide bonds. The van der Waals surface area contributed by atoms with Crippen LogP contribution in [0.15, 0.2) is 11.6 Å². The fraction of sp³-hybridized carbons (Fsp3) is 0.556. The summed E-state index contributed by atoms with van der Waals surface area (Å²) < 4.78 is 0. The van der Waals surface area contributed by atoms with Gasteiger partial charge in [0.15, 0.2) is 0 Å². The summed E-state index contributed by atoms with van der Waals surface area (Å²) in [4.78, 5) is 0. The highest BCUT2D eigenvalue weighted by molar-refractivity contribution is 5.02. The minimum Gasteiger partial charge on any atom is -0.392 e. The van der Waals surface area contributed by atoms with E-state index < -0.39 is 0 Å². The Labute approximate surface area is 62.8 Å². The van der Waals surface area contributed by atoms with Crippen molar-refractivity contribution in [3.05, 3.63) is 11.6 Å². The van der Waals surface area contributed by atoms with Gasteiger partial charge in [-0.1, -0.05) is 11.6 Å². The monoisotopic (exact) mass is 138 g/mol. The van der Waals surface area contributed by atoms with Gasteiger partial charge >= 0.3 is 0 Å². The Kier molecular flexibility index (Phi) is 5.91. The van der Waals surface area contributed by atoms with E-state index in [-0.39, 0.29) is 6.61 Å². The Morgan fingerprint density at radius 1 is 1.60 bits per heavy atom. The summed E-state index contributed by atoms with van der Waals surface area (Å²) in [5.41, 5.74) is 1.03. The molecule has 1 heteroatoms. The summed E-state index contributed by atoms with van der Waals surface area (Å²) >= 11 is 0. The van der Waals surface area contributed by atoms with Gasteiger partial charge in [0.1, 0.15) is 0 Å². The highest BCUT2D eigenvalue weighted by atomic mass is 16.3. The van der Waals surface area contributed by atoms with Gasteiger partial charge in [-0.15, -0.1) is 11.8 Å². The second-order valence-electron chi connectivity index (χ2n) is 2.17. The number of unbranched alkanes of at least 4 members (excludes halogenated alkanes) is 1. The number of hydrogen-bond donors (Lipinski definition) is 1. The molecule has 0 saturated heterocycles. The van der Waals surface area contributed by atoms with Crippen molar-refractivity contribution in [2.24, 2.45) is 0 Å². The first-order valence-electron chi connectivity index (χ1n) is 3.47. The van der Waals surface area contributed by atoms with Gasteiger partial charge in [0.25, 0.3) is 0 Å². The highest BCUT2D eigenvalue weighted by Gasteiger charge is 1.82. The fourth-order valence-corrected chi connectivity index (χ4v) is 0.580. The van der Waals surface area contributed by atoms with Gasteiger partial charge in [0.2, 0.25) is 0 Å². The molecular formula is C9H14O. The van der Waals surface area contributed by atoms with Crippen LogP contribution in [0, 0.1) is 11.8 Å². The van der Waals surface area contributed by atoms with Crippen molar-refractivity contribution in [2.75, 3.05) is 6.61 Å². The van der Waals surface area contributed by atoms with Crippen LogP contribution < -0.4 is 0 Å². The zero-order chi connectivity index (χ0) is 7.82. The van der Waals surface area contributed by atoms with Gasteiger partial charge in [0, 0.05) is 6.42 Å². The maximum Gasteiger partial charge on any atom is 0.0639 e. The van der Waals surface area contributed by atoms with Gasteiger partial charge in [-0.3, -0.25) is 0 Å². The number of aliphatic hydroxyl groups is 1. The summed E-state index contributed by atoms with van der Waals surface area (Å²) in [6.07, 6.45) is 3.87. The number of allylic oxidation sites excluding steroid dienone is 1. The molecule has 0 aromatic rings. The summed E-state index contributed by atoms with van der Waals surface area (Å²) in [5.74, 6) is 5.77.